The number of benzene rings is 1. The third-order valence-electron chi connectivity index (χ3n) is 5.93. The summed E-state index contributed by atoms with van der Waals surface area (Å²) in [5.41, 5.74) is 1.37. The molecule has 4 rings (SSSR count). The van der Waals surface area contributed by atoms with Crippen LogP contribution in [0.1, 0.15) is 36.7 Å². The minimum absolute atomic E-state index is 0.0231. The van der Waals surface area contributed by atoms with E-state index in [4.69, 9.17) is 0 Å². The second-order valence-corrected chi connectivity index (χ2v) is 7.89. The van der Waals surface area contributed by atoms with E-state index in [0.717, 1.165) is 30.3 Å². The highest BCUT2D eigenvalue weighted by molar-refractivity contribution is 5.95. The minimum Gasteiger partial charge on any atom is -0.311 e. The van der Waals surface area contributed by atoms with Crippen LogP contribution in [0.25, 0.3) is 0 Å². The predicted molar refractivity (Wildman–Crippen MR) is 104 cm³/mol. The first-order chi connectivity index (χ1) is 14.3. The van der Waals surface area contributed by atoms with Crippen molar-refractivity contribution in [2.75, 3.05) is 31.1 Å². The number of anilines is 1. The summed E-state index contributed by atoms with van der Waals surface area (Å²) in [4.78, 5) is 28.9. The Labute approximate surface area is 171 Å². The topological polar surface area (TPSA) is 63.4 Å². The molecule has 1 aromatic heterocycles. The van der Waals surface area contributed by atoms with E-state index in [1.165, 1.54) is 5.56 Å². The third kappa shape index (κ3) is 3.88. The van der Waals surface area contributed by atoms with Crippen molar-refractivity contribution in [1.29, 1.82) is 0 Å². The van der Waals surface area contributed by atoms with Crippen LogP contribution in [0.5, 0.6) is 0 Å². The second kappa shape index (κ2) is 7.90. The van der Waals surface area contributed by atoms with Crippen LogP contribution in [-0.4, -0.2) is 51.3 Å². The quantitative estimate of drug-likeness (QED) is 0.760. The molecule has 2 aliphatic heterocycles. The highest BCUT2D eigenvalue weighted by atomic mass is 19.4. The molecule has 0 saturated carbocycles. The van der Waals surface area contributed by atoms with Gasteiger partial charge in [0.15, 0.2) is 0 Å². The zero-order valence-corrected chi connectivity index (χ0v) is 16.7. The normalized spacial score (nSPS) is 18.5. The molecule has 0 N–H and O–H groups in total. The van der Waals surface area contributed by atoms with Gasteiger partial charge >= 0.3 is 11.9 Å². The van der Waals surface area contributed by atoms with E-state index in [1.54, 1.807) is 0 Å². The van der Waals surface area contributed by atoms with Gasteiger partial charge in [0.05, 0.1) is 12.6 Å². The van der Waals surface area contributed by atoms with Gasteiger partial charge < -0.3 is 4.90 Å². The van der Waals surface area contributed by atoms with Gasteiger partial charge in [-0.1, -0.05) is 18.2 Å². The van der Waals surface area contributed by atoms with E-state index in [2.05, 4.69) is 5.10 Å². The number of carbonyl (C=O) groups is 1. The molecule has 0 bridgehead atoms. The zero-order valence-electron chi connectivity index (χ0n) is 16.7. The lowest BCUT2D eigenvalue weighted by Crippen LogP contribution is -2.46. The van der Waals surface area contributed by atoms with Crippen molar-refractivity contribution in [3.05, 3.63) is 46.1 Å². The monoisotopic (exact) mass is 423 g/mol. The number of likely N-dealkylation sites (tertiary alicyclic amines) is 1. The second-order valence-electron chi connectivity index (χ2n) is 7.89. The number of alkyl halides is 3. The standard InChI is InChI=1S/C20H24F3N5O2/c1-25-18(20(21,22)23)24-28(19(25)30)15-8-11-26(12-9-15)13-17(29)27-10-4-6-14-5-2-3-7-16(14)27/h2-3,5,7,15H,4,6,8-13H2,1H3. The van der Waals surface area contributed by atoms with Gasteiger partial charge in [-0.05, 0) is 37.3 Å². The maximum atomic E-state index is 13.0. The van der Waals surface area contributed by atoms with E-state index in [0.29, 0.717) is 37.0 Å². The first-order valence-corrected chi connectivity index (χ1v) is 10.1. The van der Waals surface area contributed by atoms with E-state index in [9.17, 15) is 22.8 Å². The van der Waals surface area contributed by atoms with Gasteiger partial charge in [0, 0.05) is 32.4 Å². The Kier molecular flexibility index (Phi) is 5.44. The van der Waals surface area contributed by atoms with Crippen LogP contribution in [0.15, 0.2) is 29.1 Å². The minimum atomic E-state index is -4.67. The van der Waals surface area contributed by atoms with Crippen LogP contribution in [0.3, 0.4) is 0 Å². The average Bonchev–Trinajstić information content (AvgIpc) is 3.03. The molecule has 162 valence electrons. The molecule has 1 fully saturated rings. The number of aryl methyl sites for hydroxylation is 1. The van der Waals surface area contributed by atoms with Crippen LogP contribution >= 0.6 is 0 Å². The average molecular weight is 423 g/mol. The summed E-state index contributed by atoms with van der Waals surface area (Å²) in [6.45, 7) is 1.99. The van der Waals surface area contributed by atoms with Crippen LogP contribution < -0.4 is 10.6 Å². The molecule has 10 heteroatoms. The number of hydrogen-bond acceptors (Lipinski definition) is 4. The molecule has 0 radical (unpaired) electrons. The summed E-state index contributed by atoms with van der Waals surface area (Å²) in [6, 6.07) is 7.50. The number of fused-ring (bicyclic) bond motifs is 1. The Hall–Kier alpha value is -2.62. The number of aromatic nitrogens is 3. The van der Waals surface area contributed by atoms with Gasteiger partial charge in [-0.15, -0.1) is 5.10 Å². The Morgan fingerprint density at radius 2 is 1.87 bits per heavy atom. The van der Waals surface area contributed by atoms with Gasteiger partial charge in [0.2, 0.25) is 11.7 Å². The number of carbonyl (C=O) groups excluding carboxylic acids is 1. The van der Waals surface area contributed by atoms with E-state index >= 15 is 0 Å². The number of para-hydroxylation sites is 1. The van der Waals surface area contributed by atoms with Crippen molar-refractivity contribution in [2.45, 2.75) is 37.9 Å². The number of halogens is 3. The summed E-state index contributed by atoms with van der Waals surface area (Å²) >= 11 is 0. The van der Waals surface area contributed by atoms with Crippen molar-refractivity contribution in [1.82, 2.24) is 19.2 Å². The van der Waals surface area contributed by atoms with Crippen LogP contribution in [0.2, 0.25) is 0 Å². The molecule has 0 aliphatic carbocycles. The Morgan fingerprint density at radius 1 is 1.17 bits per heavy atom. The Bertz CT molecular complexity index is 989. The van der Waals surface area contributed by atoms with E-state index in [1.807, 2.05) is 34.1 Å². The number of nitrogens with zero attached hydrogens (tertiary/aromatic N) is 5. The molecule has 0 unspecified atom stereocenters. The van der Waals surface area contributed by atoms with Gasteiger partial charge in [0.1, 0.15) is 0 Å². The predicted octanol–water partition coefficient (Wildman–Crippen LogP) is 2.22. The van der Waals surface area contributed by atoms with Gasteiger partial charge in [-0.3, -0.25) is 14.3 Å². The van der Waals surface area contributed by atoms with Crippen molar-refractivity contribution in [2.24, 2.45) is 7.05 Å². The maximum absolute atomic E-state index is 13.0. The molecule has 1 saturated heterocycles. The van der Waals surface area contributed by atoms with Crippen molar-refractivity contribution >= 4 is 11.6 Å². The largest absolute Gasteiger partial charge is 0.451 e. The molecule has 30 heavy (non-hydrogen) atoms. The molecule has 2 aromatic rings. The molecule has 7 nitrogen and oxygen atoms in total. The third-order valence-corrected chi connectivity index (χ3v) is 5.93. The van der Waals surface area contributed by atoms with Crippen molar-refractivity contribution < 1.29 is 18.0 Å². The summed E-state index contributed by atoms with van der Waals surface area (Å²) in [6.07, 6.45) is -1.84. The van der Waals surface area contributed by atoms with E-state index < -0.39 is 23.7 Å². The highest BCUT2D eigenvalue weighted by Crippen LogP contribution is 2.29. The lowest BCUT2D eigenvalue weighted by molar-refractivity contribution is -0.147. The van der Waals surface area contributed by atoms with Crippen molar-refractivity contribution in [3.63, 3.8) is 0 Å². The summed E-state index contributed by atoms with van der Waals surface area (Å²) in [5, 5.41) is 3.54. The van der Waals surface area contributed by atoms with Gasteiger partial charge in [0.25, 0.3) is 0 Å². The highest BCUT2D eigenvalue weighted by Gasteiger charge is 2.39. The summed E-state index contributed by atoms with van der Waals surface area (Å²) < 4.78 is 40.5. The maximum Gasteiger partial charge on any atom is 0.451 e. The number of hydrogen-bond donors (Lipinski definition) is 0. The van der Waals surface area contributed by atoms with Gasteiger partial charge in [-0.2, -0.15) is 13.2 Å². The van der Waals surface area contributed by atoms with Crippen LogP contribution in [-0.2, 0) is 24.4 Å². The zero-order chi connectivity index (χ0) is 21.5. The summed E-state index contributed by atoms with van der Waals surface area (Å²) in [5.74, 6) is -1.16. The number of amides is 1. The molecule has 1 amide bonds. The van der Waals surface area contributed by atoms with Crippen LogP contribution in [0, 0.1) is 0 Å². The summed E-state index contributed by atoms with van der Waals surface area (Å²) in [7, 11) is 1.08. The molecule has 2 aliphatic rings. The molecule has 3 heterocycles. The fourth-order valence-corrected chi connectivity index (χ4v) is 4.33. The van der Waals surface area contributed by atoms with Gasteiger partial charge in [-0.25, -0.2) is 9.48 Å². The van der Waals surface area contributed by atoms with E-state index in [-0.39, 0.29) is 12.5 Å². The first-order valence-electron chi connectivity index (χ1n) is 10.1. The SMILES string of the molecule is Cn1c(C(F)(F)F)nn(C2CCN(CC(=O)N3CCCc4ccccc43)CC2)c1=O. The lowest BCUT2D eigenvalue weighted by atomic mass is 10.0. The molecule has 1 aromatic carbocycles. The molecular formula is C20H24F3N5O2. The number of rotatable bonds is 3. The number of piperidine rings is 1. The van der Waals surface area contributed by atoms with Crippen LogP contribution in [0.4, 0.5) is 18.9 Å². The Morgan fingerprint density at radius 3 is 2.53 bits per heavy atom. The molecular weight excluding hydrogens is 399 g/mol. The molecule has 0 atom stereocenters. The Balaban J connectivity index is 1.39. The molecule has 0 spiro atoms. The fraction of sp³-hybridized carbons (Fsp3) is 0.550. The first kappa shape index (κ1) is 20.6. The lowest BCUT2D eigenvalue weighted by Gasteiger charge is -2.34. The van der Waals surface area contributed by atoms with Crippen molar-refractivity contribution in [3.8, 4) is 0 Å². The fourth-order valence-electron chi connectivity index (χ4n) is 4.33. The smallest absolute Gasteiger partial charge is 0.311 e.